The first-order valence-electron chi connectivity index (χ1n) is 4.91. The Morgan fingerprint density at radius 1 is 1.16 bits per heavy atom. The molecule has 0 saturated heterocycles. The largest absolute Gasteiger partial charge is 1.00 e. The van der Waals surface area contributed by atoms with Crippen LogP contribution in [-0.4, -0.2) is 9.13 Å². The van der Waals surface area contributed by atoms with Gasteiger partial charge in [0.05, 0.1) is 0 Å². The van der Waals surface area contributed by atoms with E-state index < -0.39 is 16.9 Å². The van der Waals surface area contributed by atoms with Gasteiger partial charge in [0, 0.05) is 13.1 Å². The molecule has 0 fully saturated rings. The average Bonchev–Trinajstić information content (AvgIpc) is 2.31. The summed E-state index contributed by atoms with van der Waals surface area (Å²) in [5.41, 5.74) is 3.83. The molecule has 0 bridgehead atoms. The van der Waals surface area contributed by atoms with E-state index in [0.29, 0.717) is 0 Å². The third kappa shape index (κ3) is 4.26. The fourth-order valence-electron chi connectivity index (χ4n) is 1.37. The van der Waals surface area contributed by atoms with Crippen LogP contribution < -0.4 is 46.5 Å². The van der Waals surface area contributed by atoms with Crippen molar-refractivity contribution in [3.05, 3.63) is 35.9 Å². The van der Waals surface area contributed by atoms with Gasteiger partial charge in [0.15, 0.2) is 0 Å². The zero-order chi connectivity index (χ0) is 14.3. The van der Waals surface area contributed by atoms with Crippen LogP contribution in [0.1, 0.15) is 13.8 Å². The van der Waals surface area contributed by atoms with Gasteiger partial charge < -0.3 is 15.8 Å². The van der Waals surface area contributed by atoms with Crippen molar-refractivity contribution < 1.29 is 29.6 Å². The van der Waals surface area contributed by atoms with Crippen LogP contribution in [0.25, 0.3) is 0 Å². The monoisotopic (exact) mass is 281 g/mol. The molecule has 1 heterocycles. The Bertz CT molecular complexity index is 552. The number of rotatable bonds is 3. The molecule has 0 spiro atoms. The van der Waals surface area contributed by atoms with Crippen LogP contribution in [0.5, 0.6) is 0 Å². The molecular formula is C8H12N5NaO5. The van der Waals surface area contributed by atoms with Crippen molar-refractivity contribution in [1.29, 1.82) is 0 Å². The molecule has 2 N–H and O–H groups in total. The van der Waals surface area contributed by atoms with Crippen molar-refractivity contribution in [2.45, 2.75) is 26.9 Å². The third-order valence-electron chi connectivity index (χ3n) is 2.17. The van der Waals surface area contributed by atoms with Crippen LogP contribution in [0.2, 0.25) is 0 Å². The summed E-state index contributed by atoms with van der Waals surface area (Å²) in [5, 5.41) is 11.6. The number of nitroso groups, excluding NO2 is 1. The smallest absolute Gasteiger partial charge is 0.444 e. The molecule has 1 aromatic heterocycles. The van der Waals surface area contributed by atoms with Gasteiger partial charge in [-0.05, 0) is 19.0 Å². The van der Waals surface area contributed by atoms with E-state index in [1.807, 2.05) is 0 Å². The first-order valence-corrected chi connectivity index (χ1v) is 4.91. The van der Waals surface area contributed by atoms with E-state index in [-0.39, 0.29) is 48.5 Å². The Labute approximate surface area is 129 Å². The quantitative estimate of drug-likeness (QED) is 0.361. The van der Waals surface area contributed by atoms with Crippen LogP contribution in [0.15, 0.2) is 20.1 Å². The number of nitrogen functional groups attached to an aromatic ring is 1. The Balaban J connectivity index is 0. The molecule has 0 aliphatic rings. The molecule has 0 unspecified atom stereocenters. The van der Waals surface area contributed by atoms with E-state index in [2.05, 4.69) is 5.18 Å². The minimum atomic E-state index is -0.736. The maximum absolute atomic E-state index is 11.6. The van der Waals surface area contributed by atoms with Gasteiger partial charge in [-0.15, -0.1) is 10.2 Å². The van der Waals surface area contributed by atoms with Crippen molar-refractivity contribution in [2.75, 3.05) is 5.73 Å². The van der Waals surface area contributed by atoms with Gasteiger partial charge in [0.25, 0.3) is 5.56 Å². The summed E-state index contributed by atoms with van der Waals surface area (Å²) >= 11 is 0. The van der Waals surface area contributed by atoms with Gasteiger partial charge in [-0.1, -0.05) is 0 Å². The van der Waals surface area contributed by atoms with Gasteiger partial charge in [0.1, 0.15) is 5.82 Å². The number of hydrogen-bond donors (Lipinski definition) is 1. The van der Waals surface area contributed by atoms with Crippen LogP contribution in [0, 0.1) is 15.0 Å². The van der Waals surface area contributed by atoms with Crippen molar-refractivity contribution in [1.82, 2.24) is 9.13 Å². The zero-order valence-corrected chi connectivity index (χ0v) is 12.8. The van der Waals surface area contributed by atoms with Gasteiger partial charge >= 0.3 is 35.2 Å². The molecule has 10 nitrogen and oxygen atoms in total. The number of aromatic nitrogens is 2. The fraction of sp³-hybridized carbons (Fsp3) is 0.500. The van der Waals surface area contributed by atoms with Crippen LogP contribution >= 0.6 is 0 Å². The molecule has 1 rings (SSSR count). The second-order valence-electron chi connectivity index (χ2n) is 2.98. The van der Waals surface area contributed by atoms with Gasteiger partial charge in [0.2, 0.25) is 5.69 Å². The van der Waals surface area contributed by atoms with Crippen molar-refractivity contribution in [3.8, 4) is 0 Å². The summed E-state index contributed by atoms with van der Waals surface area (Å²) in [6.45, 7) is 3.79. The minimum absolute atomic E-state index is 0. The van der Waals surface area contributed by atoms with Crippen LogP contribution in [0.3, 0.4) is 0 Å². The predicted molar refractivity (Wildman–Crippen MR) is 65.3 cm³/mol. The normalized spacial score (nSPS) is 8.74. The van der Waals surface area contributed by atoms with Gasteiger partial charge in [-0.3, -0.25) is 13.9 Å². The number of anilines is 1. The number of hydrogen-bond acceptors (Lipinski definition) is 8. The van der Waals surface area contributed by atoms with Crippen molar-refractivity contribution >= 4 is 11.5 Å². The standard InChI is InChI=1S/C8H12N4O3.HNO2.Na/c1-3-11-6(9)5(10-15)7(13)12(4-2)8(11)14;2-1-3;/h3-4,9H2,1-2H3;(H,2,3);/q;;+1/p-1. The summed E-state index contributed by atoms with van der Waals surface area (Å²) in [6.07, 6.45) is 0. The predicted octanol–water partition coefficient (Wildman–Crippen LogP) is -2.72. The molecule has 100 valence electrons. The molecule has 0 aliphatic carbocycles. The molecule has 1 aromatic rings. The summed E-state index contributed by atoms with van der Waals surface area (Å²) < 4.78 is 2.07. The third-order valence-corrected chi connectivity index (χ3v) is 2.17. The van der Waals surface area contributed by atoms with Crippen molar-refractivity contribution in [2.24, 2.45) is 10.5 Å². The van der Waals surface area contributed by atoms with Gasteiger partial charge in [-0.25, -0.2) is 4.79 Å². The van der Waals surface area contributed by atoms with E-state index in [0.717, 1.165) is 14.5 Å². The molecule has 11 heteroatoms. The number of nitrogens with zero attached hydrogens (tertiary/aromatic N) is 4. The maximum Gasteiger partial charge on any atom is 1.00 e. The van der Waals surface area contributed by atoms with E-state index in [4.69, 9.17) is 15.8 Å². The molecular weight excluding hydrogens is 269 g/mol. The first-order chi connectivity index (χ1) is 8.49. The summed E-state index contributed by atoms with van der Waals surface area (Å²) in [6, 6.07) is 0. The van der Waals surface area contributed by atoms with E-state index in [9.17, 15) is 14.5 Å². The first kappa shape index (κ1) is 19.8. The molecule has 0 atom stereocenters. The topological polar surface area (TPSA) is 152 Å². The van der Waals surface area contributed by atoms with Crippen LogP contribution in [0.4, 0.5) is 11.5 Å². The van der Waals surface area contributed by atoms with E-state index >= 15 is 0 Å². The number of nitrogens with two attached hydrogens (primary N) is 1. The van der Waals surface area contributed by atoms with Crippen molar-refractivity contribution in [3.63, 3.8) is 0 Å². The Hall–Kier alpha value is -1.52. The van der Waals surface area contributed by atoms with E-state index in [1.165, 1.54) is 0 Å². The molecule has 0 saturated carbocycles. The van der Waals surface area contributed by atoms with Gasteiger partial charge in [-0.2, -0.15) is 0 Å². The maximum atomic E-state index is 11.6. The molecule has 0 aliphatic heterocycles. The Kier molecular flexibility index (Phi) is 9.82. The minimum Gasteiger partial charge on any atom is -0.444 e. The summed E-state index contributed by atoms with van der Waals surface area (Å²) in [5.74, 6) is -0.174. The van der Waals surface area contributed by atoms with E-state index in [1.54, 1.807) is 13.8 Å². The summed E-state index contributed by atoms with van der Waals surface area (Å²) in [4.78, 5) is 41.6. The fourth-order valence-corrected chi connectivity index (χ4v) is 1.37. The average molecular weight is 281 g/mol. The Morgan fingerprint density at radius 2 is 1.58 bits per heavy atom. The molecule has 0 aromatic carbocycles. The summed E-state index contributed by atoms with van der Waals surface area (Å²) in [7, 11) is 0. The second kappa shape index (κ2) is 9.42. The molecule has 0 amide bonds. The van der Waals surface area contributed by atoms with Crippen LogP contribution in [-0.2, 0) is 13.1 Å². The second-order valence-corrected chi connectivity index (χ2v) is 2.98. The molecule has 19 heavy (non-hydrogen) atoms. The Morgan fingerprint density at radius 3 is 1.89 bits per heavy atom. The molecule has 0 radical (unpaired) electrons. The zero-order valence-electron chi connectivity index (χ0n) is 10.8. The SMILES string of the molecule is CCn1c(N)c(N=O)c(=O)n(CC)c1=O.O=N[O-].[Na+].